The Kier molecular flexibility index (Phi) is 5.80. The molecule has 2 aliphatic carbocycles. The van der Waals surface area contributed by atoms with Gasteiger partial charge in [-0.25, -0.2) is 0 Å². The minimum absolute atomic E-state index is 0.170. The molecule has 2 amide bonds. The third-order valence-corrected chi connectivity index (χ3v) is 12.6. The van der Waals surface area contributed by atoms with Crippen LogP contribution in [0.2, 0.25) is 0 Å². The molecule has 8 rings (SSSR count). The van der Waals surface area contributed by atoms with Gasteiger partial charge in [0, 0.05) is 37.4 Å². The number of hydrogen-bond donors (Lipinski definition) is 0. The third kappa shape index (κ3) is 3.88. The molecule has 0 unspecified atom stereocenters. The van der Waals surface area contributed by atoms with Crippen LogP contribution >= 0.6 is 0 Å². The van der Waals surface area contributed by atoms with E-state index < -0.39 is 29.2 Å². The van der Waals surface area contributed by atoms with Crippen molar-refractivity contribution in [2.24, 2.45) is 10.8 Å². The van der Waals surface area contributed by atoms with Crippen LogP contribution in [0, 0.1) is 10.8 Å². The Labute approximate surface area is 250 Å². The lowest BCUT2D eigenvalue weighted by atomic mass is 9.71. The Hall–Kier alpha value is -1.94. The first-order valence-electron chi connectivity index (χ1n) is 16.3. The SMILES string of the molecule is CC1(C(=O)N2CCC3(CC2)C(=O)N(C2CC(N4CCC5(CC5)C4)C2)c2cc(B4OC(C)(C)C(C)(C)O4)ccc23)COC1. The zero-order valence-corrected chi connectivity index (χ0v) is 26.0. The Morgan fingerprint density at radius 1 is 0.881 bits per heavy atom. The molecule has 1 aromatic rings. The van der Waals surface area contributed by atoms with Gasteiger partial charge in [0.2, 0.25) is 11.8 Å². The van der Waals surface area contributed by atoms with Crippen LogP contribution in [0.5, 0.6) is 0 Å². The first kappa shape index (κ1) is 27.6. The van der Waals surface area contributed by atoms with Gasteiger partial charge in [0.05, 0.1) is 35.2 Å². The number of amides is 2. The Morgan fingerprint density at radius 3 is 2.12 bits per heavy atom. The molecule has 9 heteroatoms. The third-order valence-electron chi connectivity index (χ3n) is 12.6. The van der Waals surface area contributed by atoms with Gasteiger partial charge < -0.3 is 23.8 Å². The average Bonchev–Trinajstić information content (AvgIpc) is 3.41. The Balaban J connectivity index is 1.07. The second kappa shape index (κ2) is 8.83. The highest BCUT2D eigenvalue weighted by molar-refractivity contribution is 6.62. The van der Waals surface area contributed by atoms with Crippen molar-refractivity contribution in [3.63, 3.8) is 0 Å². The smallest absolute Gasteiger partial charge is 0.399 e. The summed E-state index contributed by atoms with van der Waals surface area (Å²) in [7, 11) is -0.466. The number of hydrogen-bond acceptors (Lipinski definition) is 6. The molecule has 8 nitrogen and oxygen atoms in total. The van der Waals surface area contributed by atoms with Crippen molar-refractivity contribution >= 4 is 30.1 Å². The summed E-state index contributed by atoms with van der Waals surface area (Å²) in [6, 6.07) is 7.25. The quantitative estimate of drug-likeness (QED) is 0.514. The van der Waals surface area contributed by atoms with Gasteiger partial charge in [-0.15, -0.1) is 0 Å². The van der Waals surface area contributed by atoms with Crippen molar-refractivity contribution in [3.8, 4) is 0 Å². The van der Waals surface area contributed by atoms with E-state index in [4.69, 9.17) is 14.0 Å². The van der Waals surface area contributed by atoms with Crippen LogP contribution in [0.1, 0.15) is 85.1 Å². The molecule has 1 aromatic carbocycles. The van der Waals surface area contributed by atoms with Crippen LogP contribution < -0.4 is 10.4 Å². The van der Waals surface area contributed by atoms with Crippen molar-refractivity contribution < 1.29 is 23.6 Å². The predicted octanol–water partition coefficient (Wildman–Crippen LogP) is 3.25. The molecule has 4 saturated heterocycles. The average molecular weight is 576 g/mol. The fraction of sp³-hybridized carbons (Fsp3) is 0.758. The summed E-state index contributed by atoms with van der Waals surface area (Å²) >= 11 is 0. The fourth-order valence-electron chi connectivity index (χ4n) is 8.52. The summed E-state index contributed by atoms with van der Waals surface area (Å²) in [6.07, 6.45) is 7.56. The van der Waals surface area contributed by atoms with Crippen LogP contribution in [-0.2, 0) is 29.0 Å². The summed E-state index contributed by atoms with van der Waals surface area (Å²) < 4.78 is 18.2. The van der Waals surface area contributed by atoms with E-state index >= 15 is 0 Å². The van der Waals surface area contributed by atoms with E-state index in [0.717, 1.165) is 29.6 Å². The number of piperidine rings is 1. The molecule has 5 heterocycles. The number of rotatable bonds is 4. The second-order valence-corrected chi connectivity index (χ2v) is 16.0. The van der Waals surface area contributed by atoms with Crippen LogP contribution in [0.25, 0.3) is 0 Å². The van der Waals surface area contributed by atoms with Gasteiger partial charge in [0.1, 0.15) is 0 Å². The van der Waals surface area contributed by atoms with E-state index in [2.05, 4.69) is 55.7 Å². The molecule has 226 valence electrons. The van der Waals surface area contributed by atoms with E-state index in [1.807, 2.05) is 11.8 Å². The molecule has 6 fully saturated rings. The number of likely N-dealkylation sites (tertiary alicyclic amines) is 2. The number of nitrogens with zero attached hydrogens (tertiary/aromatic N) is 3. The predicted molar refractivity (Wildman–Crippen MR) is 161 cm³/mol. The van der Waals surface area contributed by atoms with E-state index in [-0.39, 0.29) is 17.9 Å². The lowest BCUT2D eigenvalue weighted by Gasteiger charge is -2.47. The number of carbonyl (C=O) groups is 2. The zero-order valence-electron chi connectivity index (χ0n) is 26.0. The van der Waals surface area contributed by atoms with Crippen molar-refractivity contribution in [2.45, 2.75) is 108 Å². The number of fused-ring (bicyclic) bond motifs is 2. The van der Waals surface area contributed by atoms with Crippen molar-refractivity contribution in [1.82, 2.24) is 9.80 Å². The van der Waals surface area contributed by atoms with Crippen LogP contribution in [0.4, 0.5) is 5.69 Å². The topological polar surface area (TPSA) is 71.6 Å². The van der Waals surface area contributed by atoms with Crippen molar-refractivity contribution in [1.29, 1.82) is 0 Å². The maximum Gasteiger partial charge on any atom is 0.494 e. The van der Waals surface area contributed by atoms with Crippen molar-refractivity contribution in [2.75, 3.05) is 44.3 Å². The number of carbonyl (C=O) groups excluding carboxylic acids is 2. The monoisotopic (exact) mass is 575 g/mol. The van der Waals surface area contributed by atoms with Gasteiger partial charge in [-0.05, 0) is 109 Å². The number of anilines is 1. The van der Waals surface area contributed by atoms with Gasteiger partial charge in [0.15, 0.2) is 0 Å². The number of benzene rings is 1. The summed E-state index contributed by atoms with van der Waals surface area (Å²) in [5.41, 5.74) is 1.91. The highest BCUT2D eigenvalue weighted by atomic mass is 16.7. The molecule has 42 heavy (non-hydrogen) atoms. The largest absolute Gasteiger partial charge is 0.494 e. The van der Waals surface area contributed by atoms with Crippen LogP contribution in [0.3, 0.4) is 0 Å². The second-order valence-electron chi connectivity index (χ2n) is 16.0. The first-order chi connectivity index (χ1) is 19.9. The summed E-state index contributed by atoms with van der Waals surface area (Å²) in [5.74, 6) is 0.403. The molecule has 7 aliphatic rings. The van der Waals surface area contributed by atoms with E-state index in [0.29, 0.717) is 50.6 Å². The van der Waals surface area contributed by atoms with Crippen molar-refractivity contribution in [3.05, 3.63) is 23.8 Å². The van der Waals surface area contributed by atoms with Crippen LogP contribution in [0.15, 0.2) is 18.2 Å². The van der Waals surface area contributed by atoms with E-state index in [1.54, 1.807) is 0 Å². The van der Waals surface area contributed by atoms with Gasteiger partial charge in [-0.1, -0.05) is 12.1 Å². The van der Waals surface area contributed by atoms with Gasteiger partial charge in [-0.2, -0.15) is 0 Å². The van der Waals surface area contributed by atoms with Gasteiger partial charge >= 0.3 is 7.12 Å². The zero-order chi connectivity index (χ0) is 29.3. The molecule has 2 saturated carbocycles. The minimum Gasteiger partial charge on any atom is -0.399 e. The molecule has 0 atom stereocenters. The lowest BCUT2D eigenvalue weighted by Crippen LogP contribution is -2.59. The lowest BCUT2D eigenvalue weighted by molar-refractivity contribution is -0.170. The Morgan fingerprint density at radius 2 is 1.55 bits per heavy atom. The first-order valence-corrected chi connectivity index (χ1v) is 16.3. The molecule has 0 bridgehead atoms. The molecule has 5 aliphatic heterocycles. The fourth-order valence-corrected chi connectivity index (χ4v) is 8.52. The van der Waals surface area contributed by atoms with Gasteiger partial charge in [0.25, 0.3) is 0 Å². The summed E-state index contributed by atoms with van der Waals surface area (Å²) in [4.78, 5) is 34.7. The van der Waals surface area contributed by atoms with Gasteiger partial charge in [-0.3, -0.25) is 14.5 Å². The molecular weight excluding hydrogens is 529 g/mol. The van der Waals surface area contributed by atoms with Crippen LogP contribution in [-0.4, -0.2) is 91.4 Å². The Bertz CT molecular complexity index is 1310. The standard InChI is InChI=1S/C33H46BN3O5/c1-29(2)30(3,4)42-34(41-29)22-6-7-25-26(16-22)37(24-17-23(18-24)36-13-10-32(19-36)8-9-32)28(39)33(25)11-14-35(15-12-33)27(38)31(5)20-40-21-31/h6-7,16,23-24H,8-15,17-21H2,1-5H3. The molecule has 0 aromatic heterocycles. The maximum absolute atomic E-state index is 14.6. The maximum atomic E-state index is 14.6. The van der Waals surface area contributed by atoms with E-state index in [1.165, 1.54) is 32.4 Å². The number of ether oxygens (including phenoxy) is 1. The minimum atomic E-state index is -0.575. The normalized spacial score (nSPS) is 33.2. The molecule has 2 spiro atoms. The molecule has 0 N–H and O–H groups in total. The molecular formula is C33H46BN3O5. The van der Waals surface area contributed by atoms with E-state index in [9.17, 15) is 9.59 Å². The highest BCUT2D eigenvalue weighted by Gasteiger charge is 2.59. The molecule has 0 radical (unpaired) electrons. The summed E-state index contributed by atoms with van der Waals surface area (Å²) in [5, 5.41) is 0. The summed E-state index contributed by atoms with van der Waals surface area (Å²) in [6.45, 7) is 15.0. The highest BCUT2D eigenvalue weighted by Crippen LogP contribution is 2.55.